The monoisotopic (exact) mass is 320 g/mol. The molecule has 2 rings (SSSR count). The molecule has 0 radical (unpaired) electrons. The van der Waals surface area contributed by atoms with E-state index in [-0.39, 0.29) is 5.91 Å². The highest BCUT2D eigenvalue weighted by Gasteiger charge is 2.12. The van der Waals surface area contributed by atoms with Crippen LogP contribution in [-0.2, 0) is 0 Å². The van der Waals surface area contributed by atoms with Crippen molar-refractivity contribution in [1.82, 2.24) is 9.97 Å². The fraction of sp³-hybridized carbons (Fsp3) is 0.154. The van der Waals surface area contributed by atoms with Gasteiger partial charge in [0.05, 0.1) is 11.3 Å². The zero-order chi connectivity index (χ0) is 13.8. The maximum absolute atomic E-state index is 12.1. The Bertz CT molecular complexity index is 598. The summed E-state index contributed by atoms with van der Waals surface area (Å²) in [7, 11) is 1.77. The van der Waals surface area contributed by atoms with Gasteiger partial charge in [-0.2, -0.15) is 0 Å². The molecule has 0 fully saturated rings. The molecule has 2 aromatic heterocycles. The van der Waals surface area contributed by atoms with Crippen molar-refractivity contribution in [3.63, 3.8) is 0 Å². The van der Waals surface area contributed by atoms with Crippen LogP contribution >= 0.6 is 15.9 Å². The van der Waals surface area contributed by atoms with E-state index < -0.39 is 0 Å². The van der Waals surface area contributed by atoms with Gasteiger partial charge < -0.3 is 10.6 Å². The van der Waals surface area contributed by atoms with Gasteiger partial charge in [0.15, 0.2) is 0 Å². The number of hydrogen-bond acceptors (Lipinski definition) is 4. The normalized spacial score (nSPS) is 10.1. The molecule has 2 aromatic rings. The number of amides is 1. The number of hydrogen-bond donors (Lipinski definition) is 2. The van der Waals surface area contributed by atoms with Gasteiger partial charge >= 0.3 is 0 Å². The summed E-state index contributed by atoms with van der Waals surface area (Å²) >= 11 is 3.29. The van der Waals surface area contributed by atoms with Gasteiger partial charge in [-0.05, 0) is 41.1 Å². The summed E-state index contributed by atoms with van der Waals surface area (Å²) in [6, 6.07) is 5.36. The molecular weight excluding hydrogens is 308 g/mol. The first-order valence-corrected chi connectivity index (χ1v) is 6.47. The maximum Gasteiger partial charge on any atom is 0.260 e. The van der Waals surface area contributed by atoms with Crippen LogP contribution in [0.3, 0.4) is 0 Å². The highest BCUT2D eigenvalue weighted by atomic mass is 79.9. The zero-order valence-electron chi connectivity index (χ0n) is 10.6. The van der Waals surface area contributed by atoms with E-state index in [1.807, 2.05) is 19.1 Å². The molecule has 0 aliphatic heterocycles. The molecule has 0 saturated carbocycles. The van der Waals surface area contributed by atoms with E-state index in [1.54, 1.807) is 25.5 Å². The molecule has 0 aromatic carbocycles. The standard InChI is InChI=1S/C13H13BrN4O/c1-8-5-11(15-2)10(7-16-8)13(19)18-12-4-3-9(14)6-17-12/h3-7H,1-2H3,(H,15,16)(H,17,18,19). The van der Waals surface area contributed by atoms with Crippen LogP contribution in [0.25, 0.3) is 0 Å². The molecule has 6 heteroatoms. The lowest BCUT2D eigenvalue weighted by Crippen LogP contribution is -2.15. The first-order valence-electron chi connectivity index (χ1n) is 5.67. The third-order valence-corrected chi connectivity index (χ3v) is 2.99. The van der Waals surface area contributed by atoms with Gasteiger partial charge in [0.25, 0.3) is 5.91 Å². The van der Waals surface area contributed by atoms with Crippen LogP contribution in [0.4, 0.5) is 11.5 Å². The van der Waals surface area contributed by atoms with Crippen LogP contribution in [0.15, 0.2) is 35.1 Å². The highest BCUT2D eigenvalue weighted by Crippen LogP contribution is 2.17. The number of aryl methyl sites for hydroxylation is 1. The lowest BCUT2D eigenvalue weighted by molar-refractivity contribution is 0.102. The van der Waals surface area contributed by atoms with Gasteiger partial charge in [0, 0.05) is 29.6 Å². The molecule has 0 spiro atoms. The third-order valence-electron chi connectivity index (χ3n) is 2.52. The molecule has 0 saturated heterocycles. The van der Waals surface area contributed by atoms with Gasteiger partial charge in [-0.1, -0.05) is 0 Å². The average Bonchev–Trinajstić information content (AvgIpc) is 2.41. The topological polar surface area (TPSA) is 66.9 Å². The first kappa shape index (κ1) is 13.5. The molecule has 5 nitrogen and oxygen atoms in total. The van der Waals surface area contributed by atoms with Gasteiger partial charge in [-0.25, -0.2) is 4.98 Å². The molecule has 2 heterocycles. The van der Waals surface area contributed by atoms with E-state index in [0.717, 1.165) is 15.9 Å². The number of anilines is 2. The van der Waals surface area contributed by atoms with Crippen molar-refractivity contribution >= 4 is 33.3 Å². The Morgan fingerprint density at radius 3 is 2.68 bits per heavy atom. The minimum atomic E-state index is -0.244. The second kappa shape index (κ2) is 5.79. The van der Waals surface area contributed by atoms with Crippen LogP contribution in [0.2, 0.25) is 0 Å². The number of aromatic nitrogens is 2. The Labute approximate surface area is 119 Å². The van der Waals surface area contributed by atoms with E-state index >= 15 is 0 Å². The molecule has 0 aliphatic carbocycles. The lowest BCUT2D eigenvalue weighted by atomic mass is 10.2. The summed E-state index contributed by atoms with van der Waals surface area (Å²) < 4.78 is 0.860. The van der Waals surface area contributed by atoms with E-state index in [9.17, 15) is 4.79 Å². The molecule has 98 valence electrons. The fourth-order valence-corrected chi connectivity index (χ4v) is 1.82. The molecule has 0 unspecified atom stereocenters. The second-order valence-electron chi connectivity index (χ2n) is 3.94. The third kappa shape index (κ3) is 3.29. The summed E-state index contributed by atoms with van der Waals surface area (Å²) in [5, 5.41) is 5.71. The Morgan fingerprint density at radius 2 is 2.05 bits per heavy atom. The van der Waals surface area contributed by atoms with E-state index in [4.69, 9.17) is 0 Å². The van der Waals surface area contributed by atoms with Gasteiger partial charge in [-0.3, -0.25) is 9.78 Å². The van der Waals surface area contributed by atoms with Gasteiger partial charge in [0.2, 0.25) is 0 Å². The van der Waals surface area contributed by atoms with Crippen LogP contribution in [0, 0.1) is 6.92 Å². The van der Waals surface area contributed by atoms with Crippen LogP contribution < -0.4 is 10.6 Å². The number of carbonyl (C=O) groups is 1. The van der Waals surface area contributed by atoms with E-state index in [1.165, 1.54) is 0 Å². The van der Waals surface area contributed by atoms with Crippen molar-refractivity contribution < 1.29 is 4.79 Å². The van der Waals surface area contributed by atoms with Crippen molar-refractivity contribution in [1.29, 1.82) is 0 Å². The number of carbonyl (C=O) groups excluding carboxylic acids is 1. The smallest absolute Gasteiger partial charge is 0.260 e. The summed E-state index contributed by atoms with van der Waals surface area (Å²) in [6.45, 7) is 1.87. The summed E-state index contributed by atoms with van der Waals surface area (Å²) in [5.41, 5.74) is 2.07. The SMILES string of the molecule is CNc1cc(C)ncc1C(=O)Nc1ccc(Br)cn1. The molecule has 0 bridgehead atoms. The van der Waals surface area contributed by atoms with Crippen LogP contribution in [-0.4, -0.2) is 22.9 Å². The fourth-order valence-electron chi connectivity index (χ4n) is 1.58. The summed E-state index contributed by atoms with van der Waals surface area (Å²) in [6.07, 6.45) is 3.18. The van der Waals surface area contributed by atoms with Crippen LogP contribution in [0.1, 0.15) is 16.1 Å². The average molecular weight is 321 g/mol. The number of halogens is 1. The Hall–Kier alpha value is -1.95. The molecule has 0 aliphatic rings. The van der Waals surface area contributed by atoms with Gasteiger partial charge in [0.1, 0.15) is 5.82 Å². The molecule has 1 amide bonds. The number of rotatable bonds is 3. The molecule has 0 atom stereocenters. The predicted octanol–water partition coefficient (Wildman–Crippen LogP) is 2.84. The van der Waals surface area contributed by atoms with Gasteiger partial charge in [-0.15, -0.1) is 0 Å². The Morgan fingerprint density at radius 1 is 1.26 bits per heavy atom. The van der Waals surface area contributed by atoms with Crippen molar-refractivity contribution in [3.8, 4) is 0 Å². The lowest BCUT2D eigenvalue weighted by Gasteiger charge is -2.09. The quantitative estimate of drug-likeness (QED) is 0.912. The highest BCUT2D eigenvalue weighted by molar-refractivity contribution is 9.10. The Kier molecular flexibility index (Phi) is 4.11. The van der Waals surface area contributed by atoms with E-state index in [0.29, 0.717) is 11.4 Å². The van der Waals surface area contributed by atoms with Crippen molar-refractivity contribution in [2.45, 2.75) is 6.92 Å². The van der Waals surface area contributed by atoms with Crippen LogP contribution in [0.5, 0.6) is 0 Å². The second-order valence-corrected chi connectivity index (χ2v) is 4.85. The molecular formula is C13H13BrN4O. The summed E-state index contributed by atoms with van der Waals surface area (Å²) in [5.74, 6) is 0.252. The number of nitrogens with one attached hydrogen (secondary N) is 2. The van der Waals surface area contributed by atoms with Crippen molar-refractivity contribution in [3.05, 3.63) is 46.3 Å². The molecule has 2 N–H and O–H groups in total. The van der Waals surface area contributed by atoms with Crippen molar-refractivity contribution in [2.75, 3.05) is 17.7 Å². The minimum Gasteiger partial charge on any atom is -0.387 e. The summed E-state index contributed by atoms with van der Waals surface area (Å²) in [4.78, 5) is 20.4. The predicted molar refractivity (Wildman–Crippen MR) is 78.4 cm³/mol. The zero-order valence-corrected chi connectivity index (χ0v) is 12.2. The Balaban J connectivity index is 2.22. The number of nitrogens with zero attached hydrogens (tertiary/aromatic N) is 2. The minimum absolute atomic E-state index is 0.244. The maximum atomic E-state index is 12.1. The van der Waals surface area contributed by atoms with Crippen molar-refractivity contribution in [2.24, 2.45) is 0 Å². The first-order chi connectivity index (χ1) is 9.10. The number of pyridine rings is 2. The molecule has 19 heavy (non-hydrogen) atoms. The van der Waals surface area contributed by atoms with E-state index in [2.05, 4.69) is 36.5 Å². The largest absolute Gasteiger partial charge is 0.387 e.